The number of aryl methyl sites for hydroxylation is 2. The normalized spacial score (nSPS) is 18.4. The van der Waals surface area contributed by atoms with Crippen LogP contribution in [0, 0.1) is 0 Å². The maximum atomic E-state index is 6.20. The summed E-state index contributed by atoms with van der Waals surface area (Å²) >= 11 is 0. The summed E-state index contributed by atoms with van der Waals surface area (Å²) < 4.78 is 0. The molecule has 1 unspecified atom stereocenters. The lowest BCUT2D eigenvalue weighted by molar-refractivity contribution is 0.614. The topological polar surface area (TPSA) is 64.7 Å². The quantitative estimate of drug-likeness (QED) is 0.851. The minimum Gasteiger partial charge on any atom is -0.324 e. The van der Waals surface area contributed by atoms with E-state index in [9.17, 15) is 0 Å². The van der Waals surface area contributed by atoms with Crippen molar-refractivity contribution in [1.29, 1.82) is 0 Å². The molecule has 0 fully saturated rings. The Balaban J connectivity index is 2.06. The molecule has 1 atom stereocenters. The van der Waals surface area contributed by atoms with E-state index < -0.39 is 0 Å². The van der Waals surface area contributed by atoms with Gasteiger partial charge in [0.2, 0.25) is 0 Å². The van der Waals surface area contributed by atoms with Crippen LogP contribution in [0.2, 0.25) is 0 Å². The van der Waals surface area contributed by atoms with Gasteiger partial charge in [-0.1, -0.05) is 13.3 Å². The van der Waals surface area contributed by atoms with Gasteiger partial charge in [0.15, 0.2) is 5.82 Å². The second-order valence-corrected chi connectivity index (χ2v) is 5.33. The first-order chi connectivity index (χ1) is 9.79. The maximum absolute atomic E-state index is 6.20. The highest BCUT2D eigenvalue weighted by atomic mass is 14.9. The maximum Gasteiger partial charge on any atom is 0.159 e. The van der Waals surface area contributed by atoms with Crippen LogP contribution in [0.25, 0.3) is 11.4 Å². The van der Waals surface area contributed by atoms with Gasteiger partial charge >= 0.3 is 0 Å². The van der Waals surface area contributed by atoms with E-state index in [1.54, 1.807) is 6.20 Å². The van der Waals surface area contributed by atoms with Crippen LogP contribution in [-0.2, 0) is 12.8 Å². The molecule has 0 saturated heterocycles. The van der Waals surface area contributed by atoms with Crippen molar-refractivity contribution in [2.75, 3.05) is 0 Å². The lowest BCUT2D eigenvalue weighted by Gasteiger charge is -2.13. The van der Waals surface area contributed by atoms with Gasteiger partial charge in [-0.2, -0.15) is 0 Å². The number of fused-ring (bicyclic) bond motifs is 1. The third-order valence-electron chi connectivity index (χ3n) is 4.00. The van der Waals surface area contributed by atoms with Crippen LogP contribution in [0.15, 0.2) is 24.7 Å². The molecule has 2 heterocycles. The molecule has 4 heteroatoms. The summed E-state index contributed by atoms with van der Waals surface area (Å²) in [6.45, 7) is 2.12. The lowest BCUT2D eigenvalue weighted by atomic mass is 10.0. The van der Waals surface area contributed by atoms with E-state index in [4.69, 9.17) is 10.7 Å². The van der Waals surface area contributed by atoms with Crippen molar-refractivity contribution in [1.82, 2.24) is 15.0 Å². The zero-order chi connectivity index (χ0) is 13.9. The van der Waals surface area contributed by atoms with Crippen LogP contribution in [0.1, 0.15) is 49.0 Å². The van der Waals surface area contributed by atoms with Crippen LogP contribution >= 0.6 is 0 Å². The van der Waals surface area contributed by atoms with Crippen LogP contribution in [0.5, 0.6) is 0 Å². The van der Waals surface area contributed by atoms with E-state index in [-0.39, 0.29) is 6.04 Å². The summed E-state index contributed by atoms with van der Waals surface area (Å²) in [6, 6.07) is 2.08. The number of aromatic nitrogens is 3. The van der Waals surface area contributed by atoms with Crippen molar-refractivity contribution in [3.05, 3.63) is 41.5 Å². The number of hydrogen-bond donors (Lipinski definition) is 1. The van der Waals surface area contributed by atoms with E-state index in [0.29, 0.717) is 0 Å². The standard InChI is InChI=1S/C16H20N4/c1-2-11-9-18-8-7-12(11)16-19-10-13-14(17)5-3-4-6-15(13)20-16/h7-10,14H,2-6,17H2,1H3. The van der Waals surface area contributed by atoms with Crippen LogP contribution in [-0.4, -0.2) is 15.0 Å². The summed E-state index contributed by atoms with van der Waals surface area (Å²) in [5.41, 5.74) is 10.7. The molecule has 1 aliphatic carbocycles. The molecule has 2 aromatic heterocycles. The fourth-order valence-corrected chi connectivity index (χ4v) is 2.81. The van der Waals surface area contributed by atoms with Crippen LogP contribution < -0.4 is 5.73 Å². The zero-order valence-electron chi connectivity index (χ0n) is 11.8. The molecule has 3 rings (SSSR count). The Bertz CT molecular complexity index is 609. The minimum absolute atomic E-state index is 0.0876. The average molecular weight is 268 g/mol. The van der Waals surface area contributed by atoms with Gasteiger partial charge < -0.3 is 5.73 Å². The molecule has 0 saturated carbocycles. The number of pyridine rings is 1. The molecule has 104 valence electrons. The van der Waals surface area contributed by atoms with Gasteiger partial charge in [-0.15, -0.1) is 0 Å². The molecule has 0 radical (unpaired) electrons. The van der Waals surface area contributed by atoms with Gasteiger partial charge in [0.05, 0.1) is 0 Å². The third-order valence-corrected chi connectivity index (χ3v) is 4.00. The molecule has 20 heavy (non-hydrogen) atoms. The molecule has 0 bridgehead atoms. The summed E-state index contributed by atoms with van der Waals surface area (Å²) in [5.74, 6) is 0.803. The zero-order valence-corrected chi connectivity index (χ0v) is 11.8. The van der Waals surface area contributed by atoms with E-state index in [2.05, 4.69) is 16.9 Å². The monoisotopic (exact) mass is 268 g/mol. The second kappa shape index (κ2) is 5.67. The molecular formula is C16H20N4. The van der Waals surface area contributed by atoms with Gasteiger partial charge in [-0.05, 0) is 37.3 Å². The van der Waals surface area contributed by atoms with Gasteiger partial charge in [0.25, 0.3) is 0 Å². The van der Waals surface area contributed by atoms with E-state index in [1.165, 1.54) is 12.0 Å². The minimum atomic E-state index is 0.0876. The highest BCUT2D eigenvalue weighted by molar-refractivity contribution is 5.59. The molecule has 2 N–H and O–H groups in total. The van der Waals surface area contributed by atoms with Gasteiger partial charge in [-0.3, -0.25) is 4.98 Å². The van der Waals surface area contributed by atoms with Gasteiger partial charge in [0.1, 0.15) is 0 Å². The molecule has 1 aliphatic rings. The van der Waals surface area contributed by atoms with Crippen molar-refractivity contribution in [2.45, 2.75) is 45.1 Å². The number of rotatable bonds is 2. The highest BCUT2D eigenvalue weighted by Crippen LogP contribution is 2.27. The number of hydrogen-bond acceptors (Lipinski definition) is 4. The Kier molecular flexibility index (Phi) is 3.74. The average Bonchev–Trinajstić information content (AvgIpc) is 2.68. The Hall–Kier alpha value is -1.81. The predicted octanol–water partition coefficient (Wildman–Crippen LogP) is 2.83. The van der Waals surface area contributed by atoms with Crippen molar-refractivity contribution >= 4 is 0 Å². The smallest absolute Gasteiger partial charge is 0.159 e. The van der Waals surface area contributed by atoms with Crippen molar-refractivity contribution in [3.63, 3.8) is 0 Å². The molecule has 0 aliphatic heterocycles. The van der Waals surface area contributed by atoms with Crippen molar-refractivity contribution in [3.8, 4) is 11.4 Å². The summed E-state index contributed by atoms with van der Waals surface area (Å²) in [7, 11) is 0. The fraction of sp³-hybridized carbons (Fsp3) is 0.438. The first-order valence-corrected chi connectivity index (χ1v) is 7.34. The predicted molar refractivity (Wildman–Crippen MR) is 79.1 cm³/mol. The molecule has 2 aromatic rings. The van der Waals surface area contributed by atoms with E-state index in [0.717, 1.165) is 48.3 Å². The SMILES string of the molecule is CCc1cnccc1-c1ncc2c(n1)CCCCC2N. The van der Waals surface area contributed by atoms with Gasteiger partial charge in [-0.25, -0.2) is 9.97 Å². The van der Waals surface area contributed by atoms with E-state index >= 15 is 0 Å². The summed E-state index contributed by atoms with van der Waals surface area (Å²) in [4.78, 5) is 13.5. The number of nitrogens with zero attached hydrogens (tertiary/aromatic N) is 3. The summed E-state index contributed by atoms with van der Waals surface area (Å²) in [6.07, 6.45) is 10.9. The van der Waals surface area contributed by atoms with Crippen LogP contribution in [0.4, 0.5) is 0 Å². The molecular weight excluding hydrogens is 248 g/mol. The second-order valence-electron chi connectivity index (χ2n) is 5.33. The third kappa shape index (κ3) is 2.43. The summed E-state index contributed by atoms with van der Waals surface area (Å²) in [5, 5.41) is 0. The molecule has 0 aromatic carbocycles. The molecule has 4 nitrogen and oxygen atoms in total. The fourth-order valence-electron chi connectivity index (χ4n) is 2.81. The highest BCUT2D eigenvalue weighted by Gasteiger charge is 2.18. The largest absolute Gasteiger partial charge is 0.324 e. The van der Waals surface area contributed by atoms with E-state index in [1.807, 2.05) is 18.5 Å². The Morgan fingerprint density at radius 2 is 2.20 bits per heavy atom. The number of nitrogens with two attached hydrogens (primary N) is 1. The van der Waals surface area contributed by atoms with Crippen LogP contribution in [0.3, 0.4) is 0 Å². The van der Waals surface area contributed by atoms with Crippen molar-refractivity contribution in [2.24, 2.45) is 5.73 Å². The first kappa shape index (κ1) is 13.2. The molecule has 0 amide bonds. The molecule has 0 spiro atoms. The van der Waals surface area contributed by atoms with Gasteiger partial charge in [0, 0.05) is 41.5 Å². The Labute approximate surface area is 119 Å². The Morgan fingerprint density at radius 3 is 3.05 bits per heavy atom. The van der Waals surface area contributed by atoms with Crippen molar-refractivity contribution < 1.29 is 0 Å². The first-order valence-electron chi connectivity index (χ1n) is 7.34. The Morgan fingerprint density at radius 1 is 1.30 bits per heavy atom. The lowest BCUT2D eigenvalue weighted by Crippen LogP contribution is -2.12.